The SMILES string of the molecule is CCN1CC[C@@H](c2nn[nH]n2)C1. The molecule has 1 atom stereocenters. The van der Waals surface area contributed by atoms with E-state index in [0.29, 0.717) is 5.92 Å². The minimum Gasteiger partial charge on any atom is -0.303 e. The highest BCUT2D eigenvalue weighted by atomic mass is 15.5. The number of likely N-dealkylation sites (N-methyl/N-ethyl adjacent to an activating group) is 1. The lowest BCUT2D eigenvalue weighted by Crippen LogP contribution is -2.19. The van der Waals surface area contributed by atoms with Gasteiger partial charge < -0.3 is 4.90 Å². The average molecular weight is 167 g/mol. The van der Waals surface area contributed by atoms with E-state index in [1.54, 1.807) is 0 Å². The lowest BCUT2D eigenvalue weighted by Gasteiger charge is -2.10. The van der Waals surface area contributed by atoms with Gasteiger partial charge in [-0.25, -0.2) is 0 Å². The van der Waals surface area contributed by atoms with Crippen LogP contribution in [-0.2, 0) is 0 Å². The summed E-state index contributed by atoms with van der Waals surface area (Å²) in [5.74, 6) is 1.36. The topological polar surface area (TPSA) is 57.7 Å². The summed E-state index contributed by atoms with van der Waals surface area (Å²) >= 11 is 0. The molecule has 0 unspecified atom stereocenters. The van der Waals surface area contributed by atoms with Gasteiger partial charge in [-0.2, -0.15) is 5.21 Å². The minimum absolute atomic E-state index is 0.490. The van der Waals surface area contributed by atoms with Crippen molar-refractivity contribution in [3.8, 4) is 0 Å². The fraction of sp³-hybridized carbons (Fsp3) is 0.857. The summed E-state index contributed by atoms with van der Waals surface area (Å²) in [5.41, 5.74) is 0. The first-order chi connectivity index (χ1) is 5.90. The van der Waals surface area contributed by atoms with Crippen molar-refractivity contribution in [1.29, 1.82) is 0 Å². The Morgan fingerprint density at radius 2 is 2.58 bits per heavy atom. The summed E-state index contributed by atoms with van der Waals surface area (Å²) in [7, 11) is 0. The molecule has 5 nitrogen and oxygen atoms in total. The number of H-pyrrole nitrogens is 1. The minimum atomic E-state index is 0.490. The van der Waals surface area contributed by atoms with Crippen LogP contribution in [-0.4, -0.2) is 45.2 Å². The largest absolute Gasteiger partial charge is 0.303 e. The van der Waals surface area contributed by atoms with Crippen LogP contribution in [0.1, 0.15) is 25.1 Å². The number of hydrogen-bond acceptors (Lipinski definition) is 4. The molecule has 0 bridgehead atoms. The van der Waals surface area contributed by atoms with Crippen molar-refractivity contribution in [3.63, 3.8) is 0 Å². The van der Waals surface area contributed by atoms with E-state index in [0.717, 1.165) is 31.9 Å². The van der Waals surface area contributed by atoms with Crippen molar-refractivity contribution in [1.82, 2.24) is 25.5 Å². The van der Waals surface area contributed by atoms with Gasteiger partial charge in [0.05, 0.1) is 0 Å². The molecule has 2 rings (SSSR count). The molecule has 0 aliphatic carbocycles. The summed E-state index contributed by atoms with van der Waals surface area (Å²) in [6.07, 6.45) is 1.16. The number of nitrogens with one attached hydrogen (secondary N) is 1. The number of hydrogen-bond donors (Lipinski definition) is 1. The van der Waals surface area contributed by atoms with Crippen LogP contribution in [0.4, 0.5) is 0 Å². The van der Waals surface area contributed by atoms with Crippen molar-refractivity contribution in [2.45, 2.75) is 19.3 Å². The predicted octanol–water partition coefficient (Wildman–Crippen LogP) is 0.00890. The lowest BCUT2D eigenvalue weighted by atomic mass is 10.1. The zero-order valence-electron chi connectivity index (χ0n) is 7.19. The van der Waals surface area contributed by atoms with E-state index in [-0.39, 0.29) is 0 Å². The van der Waals surface area contributed by atoms with Gasteiger partial charge in [0, 0.05) is 12.5 Å². The van der Waals surface area contributed by atoms with Crippen LogP contribution in [0.2, 0.25) is 0 Å². The van der Waals surface area contributed by atoms with Crippen LogP contribution in [0.25, 0.3) is 0 Å². The first-order valence-electron chi connectivity index (χ1n) is 4.36. The summed E-state index contributed by atoms with van der Waals surface area (Å²) in [6.45, 7) is 5.54. The van der Waals surface area contributed by atoms with Crippen molar-refractivity contribution in [2.75, 3.05) is 19.6 Å². The van der Waals surface area contributed by atoms with Crippen LogP contribution >= 0.6 is 0 Å². The second kappa shape index (κ2) is 3.18. The van der Waals surface area contributed by atoms with Crippen LogP contribution in [0, 0.1) is 0 Å². The van der Waals surface area contributed by atoms with Crippen molar-refractivity contribution in [3.05, 3.63) is 5.82 Å². The Bertz CT molecular complexity index is 232. The molecule has 1 aromatic rings. The predicted molar refractivity (Wildman–Crippen MR) is 43.6 cm³/mol. The number of aromatic amines is 1. The Balaban J connectivity index is 2.00. The summed E-state index contributed by atoms with van der Waals surface area (Å²) < 4.78 is 0. The molecule has 66 valence electrons. The van der Waals surface area contributed by atoms with Crippen molar-refractivity contribution in [2.24, 2.45) is 0 Å². The molecule has 1 N–H and O–H groups in total. The quantitative estimate of drug-likeness (QED) is 0.674. The molecule has 1 saturated heterocycles. The molecular weight excluding hydrogens is 154 g/mol. The van der Waals surface area contributed by atoms with Gasteiger partial charge in [-0.1, -0.05) is 12.1 Å². The summed E-state index contributed by atoms with van der Waals surface area (Å²) in [5, 5.41) is 14.0. The average Bonchev–Trinajstić information content (AvgIpc) is 2.75. The number of rotatable bonds is 2. The number of tetrazole rings is 1. The zero-order chi connectivity index (χ0) is 8.39. The third-order valence-electron chi connectivity index (χ3n) is 2.45. The van der Waals surface area contributed by atoms with E-state index in [4.69, 9.17) is 0 Å². The normalized spacial score (nSPS) is 24.9. The Labute approximate surface area is 71.1 Å². The molecule has 5 heteroatoms. The Kier molecular flexibility index (Phi) is 2.03. The molecule has 1 fully saturated rings. The Morgan fingerprint density at radius 3 is 3.17 bits per heavy atom. The molecule has 12 heavy (non-hydrogen) atoms. The fourth-order valence-corrected chi connectivity index (χ4v) is 1.67. The smallest absolute Gasteiger partial charge is 0.178 e. The van der Waals surface area contributed by atoms with E-state index >= 15 is 0 Å². The highest BCUT2D eigenvalue weighted by Crippen LogP contribution is 2.22. The standard InChI is InChI=1S/C7H13N5/c1-2-12-4-3-6(5-12)7-8-10-11-9-7/h6H,2-5H2,1H3,(H,8,9,10,11)/t6-/m1/s1. The summed E-state index contributed by atoms with van der Waals surface area (Å²) in [4.78, 5) is 2.40. The third-order valence-corrected chi connectivity index (χ3v) is 2.45. The highest BCUT2D eigenvalue weighted by molar-refractivity contribution is 4.96. The van der Waals surface area contributed by atoms with Gasteiger partial charge >= 0.3 is 0 Å². The van der Waals surface area contributed by atoms with Crippen molar-refractivity contribution >= 4 is 0 Å². The van der Waals surface area contributed by atoms with Crippen molar-refractivity contribution < 1.29 is 0 Å². The first-order valence-corrected chi connectivity index (χ1v) is 4.36. The van der Waals surface area contributed by atoms with Crippen LogP contribution in [0.3, 0.4) is 0 Å². The number of nitrogens with zero attached hydrogens (tertiary/aromatic N) is 4. The van der Waals surface area contributed by atoms with Crippen LogP contribution in [0.5, 0.6) is 0 Å². The van der Waals surface area contributed by atoms with Gasteiger partial charge in [-0.05, 0) is 19.5 Å². The molecule has 1 aliphatic heterocycles. The molecule has 2 heterocycles. The van der Waals surface area contributed by atoms with Gasteiger partial charge in [0.25, 0.3) is 0 Å². The Hall–Kier alpha value is -0.970. The molecule has 0 aromatic carbocycles. The van der Waals surface area contributed by atoms with E-state index in [1.165, 1.54) is 0 Å². The van der Waals surface area contributed by atoms with Gasteiger partial charge in [0.1, 0.15) is 0 Å². The maximum atomic E-state index is 3.99. The lowest BCUT2D eigenvalue weighted by molar-refractivity contribution is 0.352. The van der Waals surface area contributed by atoms with Gasteiger partial charge in [0.15, 0.2) is 5.82 Å². The van der Waals surface area contributed by atoms with Gasteiger partial charge in [0.2, 0.25) is 0 Å². The van der Waals surface area contributed by atoms with Gasteiger partial charge in [-0.3, -0.25) is 0 Å². The maximum Gasteiger partial charge on any atom is 0.178 e. The first kappa shape index (κ1) is 7.67. The molecule has 0 amide bonds. The third kappa shape index (κ3) is 1.32. The molecule has 0 radical (unpaired) electrons. The monoisotopic (exact) mass is 167 g/mol. The van der Waals surface area contributed by atoms with E-state index in [2.05, 4.69) is 32.4 Å². The zero-order valence-corrected chi connectivity index (χ0v) is 7.19. The second-order valence-corrected chi connectivity index (χ2v) is 3.15. The second-order valence-electron chi connectivity index (χ2n) is 3.15. The molecule has 1 aromatic heterocycles. The summed E-state index contributed by atoms with van der Waals surface area (Å²) in [6, 6.07) is 0. The van der Waals surface area contributed by atoms with E-state index in [9.17, 15) is 0 Å². The van der Waals surface area contributed by atoms with E-state index in [1.807, 2.05) is 0 Å². The molecule has 0 saturated carbocycles. The molecule has 1 aliphatic rings. The van der Waals surface area contributed by atoms with Crippen LogP contribution < -0.4 is 0 Å². The number of likely N-dealkylation sites (tertiary alicyclic amines) is 1. The number of aromatic nitrogens is 4. The maximum absolute atomic E-state index is 3.99. The van der Waals surface area contributed by atoms with E-state index < -0.39 is 0 Å². The molecule has 0 spiro atoms. The molecular formula is C7H13N5. The van der Waals surface area contributed by atoms with Crippen LogP contribution in [0.15, 0.2) is 0 Å². The fourth-order valence-electron chi connectivity index (χ4n) is 1.67. The Morgan fingerprint density at radius 1 is 1.67 bits per heavy atom. The van der Waals surface area contributed by atoms with Gasteiger partial charge in [-0.15, -0.1) is 10.2 Å². The highest BCUT2D eigenvalue weighted by Gasteiger charge is 2.25.